The molecule has 3 nitrogen and oxygen atoms in total. The molecule has 0 amide bonds. The third kappa shape index (κ3) is 2.58. The summed E-state index contributed by atoms with van der Waals surface area (Å²) in [5.41, 5.74) is 1.83. The summed E-state index contributed by atoms with van der Waals surface area (Å²) in [4.78, 5) is 4.08. The number of nitriles is 1. The lowest BCUT2D eigenvalue weighted by Gasteiger charge is -2.06. The largest absolute Gasteiger partial charge is 0.340 e. The molecule has 1 aromatic carbocycles. The molecule has 0 saturated heterocycles. The van der Waals surface area contributed by atoms with Gasteiger partial charge in [-0.25, -0.2) is 9.37 Å². The molecular weight excluding hydrogens is 217 g/mol. The predicted molar refractivity (Wildman–Crippen MR) is 63.4 cm³/mol. The van der Waals surface area contributed by atoms with E-state index in [4.69, 9.17) is 5.26 Å². The molecular formula is C13H10FN3. The lowest BCUT2D eigenvalue weighted by Crippen LogP contribution is -1.95. The fourth-order valence-electron chi connectivity index (χ4n) is 1.44. The van der Waals surface area contributed by atoms with Crippen molar-refractivity contribution in [3.8, 4) is 6.07 Å². The molecule has 1 N–H and O–H groups in total. The number of nitrogens with one attached hydrogen (secondary N) is 1. The number of hydrogen-bond donors (Lipinski definition) is 1. The van der Waals surface area contributed by atoms with Crippen LogP contribution in [0.2, 0.25) is 0 Å². The standard InChI is InChI=1S/C13H10FN3/c1-9-6-11(2-3-12(9)14)17-13-7-10(8-15)4-5-16-13/h2-7H,1H3,(H,16,17). The fraction of sp³-hybridized carbons (Fsp3) is 0.0769. The Morgan fingerprint density at radius 1 is 1.29 bits per heavy atom. The van der Waals surface area contributed by atoms with Crippen molar-refractivity contribution in [1.82, 2.24) is 4.98 Å². The molecule has 0 atom stereocenters. The number of hydrogen-bond acceptors (Lipinski definition) is 3. The lowest BCUT2D eigenvalue weighted by molar-refractivity contribution is 0.619. The van der Waals surface area contributed by atoms with E-state index in [1.807, 2.05) is 6.07 Å². The van der Waals surface area contributed by atoms with Crippen molar-refractivity contribution in [2.24, 2.45) is 0 Å². The molecule has 0 radical (unpaired) electrons. The number of aromatic nitrogens is 1. The van der Waals surface area contributed by atoms with E-state index in [-0.39, 0.29) is 5.82 Å². The van der Waals surface area contributed by atoms with E-state index in [0.29, 0.717) is 16.9 Å². The Bertz CT molecular complexity index is 587. The Hall–Kier alpha value is -2.41. The molecule has 0 bridgehead atoms. The molecule has 0 aliphatic carbocycles. The minimum absolute atomic E-state index is 0.241. The Kier molecular flexibility index (Phi) is 3.01. The molecule has 84 valence electrons. The van der Waals surface area contributed by atoms with Gasteiger partial charge in [0.25, 0.3) is 0 Å². The van der Waals surface area contributed by atoms with Crippen LogP contribution >= 0.6 is 0 Å². The molecule has 0 fully saturated rings. The van der Waals surface area contributed by atoms with Gasteiger partial charge in [-0.1, -0.05) is 0 Å². The van der Waals surface area contributed by atoms with Crippen LogP contribution in [0.1, 0.15) is 11.1 Å². The smallest absolute Gasteiger partial charge is 0.131 e. The zero-order chi connectivity index (χ0) is 12.3. The van der Waals surface area contributed by atoms with Crippen molar-refractivity contribution in [2.75, 3.05) is 5.32 Å². The van der Waals surface area contributed by atoms with E-state index < -0.39 is 0 Å². The second-order valence-corrected chi connectivity index (χ2v) is 3.63. The van der Waals surface area contributed by atoms with Crippen molar-refractivity contribution in [1.29, 1.82) is 5.26 Å². The fourth-order valence-corrected chi connectivity index (χ4v) is 1.44. The summed E-state index contributed by atoms with van der Waals surface area (Å²) in [6.45, 7) is 1.69. The highest BCUT2D eigenvalue weighted by molar-refractivity contribution is 5.58. The first-order valence-corrected chi connectivity index (χ1v) is 5.08. The van der Waals surface area contributed by atoms with Gasteiger partial charge in [0.15, 0.2) is 0 Å². The predicted octanol–water partition coefficient (Wildman–Crippen LogP) is 3.14. The Balaban J connectivity index is 2.25. The number of aryl methyl sites for hydroxylation is 1. The van der Waals surface area contributed by atoms with Crippen LogP contribution in [0.5, 0.6) is 0 Å². The number of rotatable bonds is 2. The number of anilines is 2. The molecule has 1 aromatic heterocycles. The SMILES string of the molecule is Cc1cc(Nc2cc(C#N)ccn2)ccc1F. The minimum Gasteiger partial charge on any atom is -0.340 e. The Labute approximate surface area is 98.5 Å². The van der Waals surface area contributed by atoms with Gasteiger partial charge in [0.1, 0.15) is 11.6 Å². The first-order valence-electron chi connectivity index (χ1n) is 5.08. The molecule has 17 heavy (non-hydrogen) atoms. The molecule has 0 aliphatic rings. The maximum Gasteiger partial charge on any atom is 0.131 e. The first kappa shape index (κ1) is 11.1. The average molecular weight is 227 g/mol. The summed E-state index contributed by atoms with van der Waals surface area (Å²) in [5.74, 6) is 0.323. The van der Waals surface area contributed by atoms with Crippen LogP contribution in [0.4, 0.5) is 15.9 Å². The Morgan fingerprint density at radius 2 is 2.12 bits per heavy atom. The van der Waals surface area contributed by atoms with Gasteiger partial charge >= 0.3 is 0 Å². The van der Waals surface area contributed by atoms with Crippen molar-refractivity contribution in [3.05, 3.63) is 53.5 Å². The molecule has 4 heteroatoms. The third-order valence-electron chi connectivity index (χ3n) is 2.32. The molecule has 0 spiro atoms. The van der Waals surface area contributed by atoms with Gasteiger partial charge in [0.05, 0.1) is 11.6 Å². The van der Waals surface area contributed by atoms with Crippen molar-refractivity contribution in [3.63, 3.8) is 0 Å². The summed E-state index contributed by atoms with van der Waals surface area (Å²) in [7, 11) is 0. The highest BCUT2D eigenvalue weighted by Crippen LogP contribution is 2.18. The molecule has 0 saturated carbocycles. The van der Waals surface area contributed by atoms with Crippen LogP contribution in [0.3, 0.4) is 0 Å². The van der Waals surface area contributed by atoms with Crippen LogP contribution in [0.25, 0.3) is 0 Å². The van der Waals surface area contributed by atoms with E-state index in [0.717, 1.165) is 5.69 Å². The summed E-state index contributed by atoms with van der Waals surface area (Å²) in [6, 6.07) is 10.0. The van der Waals surface area contributed by atoms with Crippen molar-refractivity contribution in [2.45, 2.75) is 6.92 Å². The normalized spacial score (nSPS) is 9.71. The number of pyridine rings is 1. The van der Waals surface area contributed by atoms with Gasteiger partial charge < -0.3 is 5.32 Å². The number of benzene rings is 1. The summed E-state index contributed by atoms with van der Waals surface area (Å²) < 4.78 is 13.1. The van der Waals surface area contributed by atoms with Gasteiger partial charge in [-0.15, -0.1) is 0 Å². The Morgan fingerprint density at radius 3 is 2.82 bits per heavy atom. The quantitative estimate of drug-likeness (QED) is 0.857. The van der Waals surface area contributed by atoms with Crippen LogP contribution in [-0.4, -0.2) is 4.98 Å². The van der Waals surface area contributed by atoms with Crippen LogP contribution < -0.4 is 5.32 Å². The lowest BCUT2D eigenvalue weighted by atomic mass is 10.2. The zero-order valence-electron chi connectivity index (χ0n) is 9.24. The first-order chi connectivity index (χ1) is 8.19. The molecule has 2 aromatic rings. The maximum atomic E-state index is 13.1. The highest BCUT2D eigenvalue weighted by Gasteiger charge is 2.01. The monoisotopic (exact) mass is 227 g/mol. The third-order valence-corrected chi connectivity index (χ3v) is 2.32. The van der Waals surface area contributed by atoms with E-state index in [1.54, 1.807) is 37.4 Å². The van der Waals surface area contributed by atoms with E-state index in [9.17, 15) is 4.39 Å². The number of nitrogens with zero attached hydrogens (tertiary/aromatic N) is 2. The van der Waals surface area contributed by atoms with Gasteiger partial charge in [0, 0.05) is 11.9 Å². The second kappa shape index (κ2) is 4.62. The van der Waals surface area contributed by atoms with E-state index in [1.165, 1.54) is 6.07 Å². The zero-order valence-corrected chi connectivity index (χ0v) is 9.24. The summed E-state index contributed by atoms with van der Waals surface area (Å²) in [5, 5.41) is 11.8. The number of halogens is 1. The van der Waals surface area contributed by atoms with Crippen LogP contribution in [0, 0.1) is 24.1 Å². The van der Waals surface area contributed by atoms with E-state index in [2.05, 4.69) is 10.3 Å². The van der Waals surface area contributed by atoms with E-state index >= 15 is 0 Å². The van der Waals surface area contributed by atoms with Crippen LogP contribution in [0.15, 0.2) is 36.5 Å². The molecule has 2 rings (SSSR count). The van der Waals surface area contributed by atoms with Gasteiger partial charge in [-0.3, -0.25) is 0 Å². The average Bonchev–Trinajstić information content (AvgIpc) is 2.34. The molecule has 0 aliphatic heterocycles. The summed E-state index contributed by atoms with van der Waals surface area (Å²) in [6.07, 6.45) is 1.55. The highest BCUT2D eigenvalue weighted by atomic mass is 19.1. The summed E-state index contributed by atoms with van der Waals surface area (Å²) >= 11 is 0. The van der Waals surface area contributed by atoms with Gasteiger partial charge in [-0.2, -0.15) is 5.26 Å². The van der Waals surface area contributed by atoms with Crippen molar-refractivity contribution >= 4 is 11.5 Å². The van der Waals surface area contributed by atoms with Crippen LogP contribution in [-0.2, 0) is 0 Å². The maximum absolute atomic E-state index is 13.1. The van der Waals surface area contributed by atoms with Gasteiger partial charge in [-0.05, 0) is 42.8 Å². The van der Waals surface area contributed by atoms with Gasteiger partial charge in [0.2, 0.25) is 0 Å². The second-order valence-electron chi connectivity index (χ2n) is 3.63. The molecule has 0 unspecified atom stereocenters. The minimum atomic E-state index is -0.241. The van der Waals surface area contributed by atoms with Crippen molar-refractivity contribution < 1.29 is 4.39 Å². The molecule has 1 heterocycles. The topological polar surface area (TPSA) is 48.7 Å².